The van der Waals surface area contributed by atoms with E-state index >= 15 is 0 Å². The van der Waals surface area contributed by atoms with Crippen molar-refractivity contribution in [2.45, 2.75) is 31.9 Å². The number of halogens is 1. The molecule has 3 fully saturated rings. The number of ether oxygens (including phenoxy) is 2. The van der Waals surface area contributed by atoms with E-state index in [1.54, 1.807) is 0 Å². The summed E-state index contributed by atoms with van der Waals surface area (Å²) in [6, 6.07) is 6.75. The fraction of sp³-hybridized carbons (Fsp3) is 0.667. The smallest absolute Gasteiger partial charge is 0.248 e. The summed E-state index contributed by atoms with van der Waals surface area (Å²) < 4.78 is 24.7. The van der Waals surface area contributed by atoms with Crippen LogP contribution in [0.25, 0.3) is 0 Å². The van der Waals surface area contributed by atoms with Crippen molar-refractivity contribution in [3.63, 3.8) is 0 Å². The Balaban J connectivity index is 1.18. The highest BCUT2D eigenvalue weighted by Gasteiger charge is 2.43. The molecule has 0 unspecified atom stereocenters. The SMILES string of the molecule is O=C(COCC[C@@H]1CO[C@@H]2CN(Cc3ccc(F)cc3)C[C@H]12)N1CCCC1. The van der Waals surface area contributed by atoms with Gasteiger partial charge in [-0.1, -0.05) is 12.1 Å². The standard InChI is InChI=1S/C21H29FN2O3/c22-18-5-3-16(4-6-18)11-23-12-19-17(14-27-20(19)13-23)7-10-26-15-21(25)24-8-1-2-9-24/h3-6,17,19-20H,1-2,7-15H2/t17-,19-,20-/m1/s1. The Labute approximate surface area is 160 Å². The number of rotatable bonds is 7. The van der Waals surface area contributed by atoms with Crippen molar-refractivity contribution < 1.29 is 18.7 Å². The number of benzene rings is 1. The van der Waals surface area contributed by atoms with Crippen LogP contribution in [0.3, 0.4) is 0 Å². The maximum atomic E-state index is 13.1. The minimum absolute atomic E-state index is 0.124. The maximum absolute atomic E-state index is 13.1. The van der Waals surface area contributed by atoms with Gasteiger partial charge in [-0.3, -0.25) is 9.69 Å². The third kappa shape index (κ3) is 4.68. The van der Waals surface area contributed by atoms with E-state index in [-0.39, 0.29) is 18.3 Å². The molecule has 0 aromatic heterocycles. The Morgan fingerprint density at radius 2 is 1.96 bits per heavy atom. The van der Waals surface area contributed by atoms with Crippen LogP contribution in [0.4, 0.5) is 4.39 Å². The molecular formula is C21H29FN2O3. The second-order valence-electron chi connectivity index (χ2n) is 8.05. The van der Waals surface area contributed by atoms with Crippen molar-refractivity contribution in [1.29, 1.82) is 0 Å². The molecule has 148 valence electrons. The molecule has 3 saturated heterocycles. The van der Waals surface area contributed by atoms with Gasteiger partial charge in [0.1, 0.15) is 12.4 Å². The average Bonchev–Trinajstić information content (AvgIpc) is 3.38. The Kier molecular flexibility index (Phi) is 6.05. The number of carbonyl (C=O) groups excluding carboxylic acids is 1. The molecule has 27 heavy (non-hydrogen) atoms. The number of hydrogen-bond acceptors (Lipinski definition) is 4. The maximum Gasteiger partial charge on any atom is 0.248 e. The van der Waals surface area contributed by atoms with Gasteiger partial charge in [-0.05, 0) is 42.9 Å². The molecule has 0 aliphatic carbocycles. The zero-order chi connectivity index (χ0) is 18.6. The molecular weight excluding hydrogens is 347 g/mol. The molecule has 5 nitrogen and oxygen atoms in total. The Bertz CT molecular complexity index is 633. The fourth-order valence-corrected chi connectivity index (χ4v) is 4.61. The van der Waals surface area contributed by atoms with Gasteiger partial charge in [0.05, 0.1) is 12.7 Å². The van der Waals surface area contributed by atoms with Crippen LogP contribution in [0.2, 0.25) is 0 Å². The highest BCUT2D eigenvalue weighted by atomic mass is 19.1. The molecule has 3 heterocycles. The zero-order valence-corrected chi connectivity index (χ0v) is 15.8. The summed E-state index contributed by atoms with van der Waals surface area (Å²) in [5.41, 5.74) is 1.14. The van der Waals surface area contributed by atoms with Crippen LogP contribution in [0.15, 0.2) is 24.3 Å². The van der Waals surface area contributed by atoms with E-state index in [0.717, 1.165) is 64.2 Å². The van der Waals surface area contributed by atoms with E-state index in [4.69, 9.17) is 9.47 Å². The van der Waals surface area contributed by atoms with Crippen LogP contribution in [0.1, 0.15) is 24.8 Å². The van der Waals surface area contributed by atoms with E-state index in [0.29, 0.717) is 24.5 Å². The topological polar surface area (TPSA) is 42.0 Å². The number of likely N-dealkylation sites (tertiary alicyclic amines) is 2. The van der Waals surface area contributed by atoms with Crippen molar-refractivity contribution in [2.75, 3.05) is 46.0 Å². The summed E-state index contributed by atoms with van der Waals surface area (Å²) in [6.45, 7) is 6.17. The number of nitrogens with zero attached hydrogens (tertiary/aromatic N) is 2. The second-order valence-corrected chi connectivity index (χ2v) is 8.05. The number of amides is 1. The molecule has 0 saturated carbocycles. The zero-order valence-electron chi connectivity index (χ0n) is 15.8. The van der Waals surface area contributed by atoms with E-state index in [1.807, 2.05) is 17.0 Å². The van der Waals surface area contributed by atoms with Crippen molar-refractivity contribution in [1.82, 2.24) is 9.80 Å². The summed E-state index contributed by atoms with van der Waals surface area (Å²) in [5.74, 6) is 0.960. The molecule has 1 aromatic carbocycles. The first-order valence-electron chi connectivity index (χ1n) is 10.1. The summed E-state index contributed by atoms with van der Waals surface area (Å²) in [5, 5.41) is 0. The third-order valence-corrected chi connectivity index (χ3v) is 6.15. The van der Waals surface area contributed by atoms with E-state index in [2.05, 4.69) is 4.90 Å². The minimum Gasteiger partial charge on any atom is -0.376 e. The Hall–Kier alpha value is -1.50. The van der Waals surface area contributed by atoms with Gasteiger partial charge in [0.25, 0.3) is 0 Å². The quantitative estimate of drug-likeness (QED) is 0.685. The van der Waals surface area contributed by atoms with Crippen LogP contribution in [0, 0.1) is 17.7 Å². The van der Waals surface area contributed by atoms with Gasteiger partial charge in [-0.25, -0.2) is 4.39 Å². The van der Waals surface area contributed by atoms with Crippen LogP contribution < -0.4 is 0 Å². The van der Waals surface area contributed by atoms with Crippen LogP contribution in [-0.2, 0) is 20.8 Å². The largest absolute Gasteiger partial charge is 0.376 e. The third-order valence-electron chi connectivity index (χ3n) is 6.15. The first kappa shape index (κ1) is 18.8. The lowest BCUT2D eigenvalue weighted by atomic mass is 9.91. The van der Waals surface area contributed by atoms with E-state index in [1.165, 1.54) is 12.1 Å². The summed E-state index contributed by atoms with van der Waals surface area (Å²) in [4.78, 5) is 16.3. The average molecular weight is 376 g/mol. The molecule has 1 amide bonds. The van der Waals surface area contributed by atoms with Crippen LogP contribution >= 0.6 is 0 Å². The van der Waals surface area contributed by atoms with Gasteiger partial charge in [0.2, 0.25) is 5.91 Å². The molecule has 3 aliphatic heterocycles. The molecule has 6 heteroatoms. The lowest BCUT2D eigenvalue weighted by molar-refractivity contribution is -0.135. The minimum atomic E-state index is -0.191. The Morgan fingerprint density at radius 3 is 2.74 bits per heavy atom. The molecule has 0 bridgehead atoms. The van der Waals surface area contributed by atoms with Gasteiger partial charge < -0.3 is 14.4 Å². The second kappa shape index (κ2) is 8.67. The summed E-state index contributed by atoms with van der Waals surface area (Å²) in [7, 11) is 0. The Morgan fingerprint density at radius 1 is 1.19 bits per heavy atom. The molecule has 1 aromatic rings. The van der Waals surface area contributed by atoms with Crippen LogP contribution in [-0.4, -0.2) is 67.8 Å². The molecule has 0 radical (unpaired) electrons. The van der Waals surface area contributed by atoms with Gasteiger partial charge in [-0.15, -0.1) is 0 Å². The number of hydrogen-bond donors (Lipinski definition) is 0. The predicted octanol–water partition coefficient (Wildman–Crippen LogP) is 2.30. The normalized spacial score (nSPS) is 28.0. The first-order chi connectivity index (χ1) is 13.2. The molecule has 3 atom stereocenters. The van der Waals surface area contributed by atoms with Gasteiger partial charge >= 0.3 is 0 Å². The highest BCUT2D eigenvalue weighted by Crippen LogP contribution is 2.36. The summed E-state index contributed by atoms with van der Waals surface area (Å²) >= 11 is 0. The lowest BCUT2D eigenvalue weighted by Crippen LogP contribution is -2.31. The fourth-order valence-electron chi connectivity index (χ4n) is 4.61. The lowest BCUT2D eigenvalue weighted by Gasteiger charge is -2.20. The monoisotopic (exact) mass is 376 g/mol. The predicted molar refractivity (Wildman–Crippen MR) is 99.6 cm³/mol. The molecule has 4 rings (SSSR count). The highest BCUT2D eigenvalue weighted by molar-refractivity contribution is 5.77. The van der Waals surface area contributed by atoms with Crippen LogP contribution in [0.5, 0.6) is 0 Å². The summed E-state index contributed by atoms with van der Waals surface area (Å²) in [6.07, 6.45) is 3.46. The van der Waals surface area contributed by atoms with Gasteiger partial charge in [-0.2, -0.15) is 0 Å². The van der Waals surface area contributed by atoms with Gasteiger partial charge in [0, 0.05) is 45.2 Å². The first-order valence-corrected chi connectivity index (χ1v) is 10.1. The van der Waals surface area contributed by atoms with Crippen molar-refractivity contribution >= 4 is 5.91 Å². The molecule has 3 aliphatic rings. The van der Waals surface area contributed by atoms with Crippen molar-refractivity contribution in [2.24, 2.45) is 11.8 Å². The van der Waals surface area contributed by atoms with Gasteiger partial charge in [0.15, 0.2) is 0 Å². The number of carbonyl (C=O) groups is 1. The van der Waals surface area contributed by atoms with E-state index in [9.17, 15) is 9.18 Å². The molecule has 0 spiro atoms. The van der Waals surface area contributed by atoms with Crippen molar-refractivity contribution in [3.8, 4) is 0 Å². The van der Waals surface area contributed by atoms with Crippen molar-refractivity contribution in [3.05, 3.63) is 35.6 Å². The van der Waals surface area contributed by atoms with E-state index < -0.39 is 0 Å². The number of fused-ring (bicyclic) bond motifs is 1. The molecule has 0 N–H and O–H groups in total.